The van der Waals surface area contributed by atoms with Crippen molar-refractivity contribution in [1.29, 1.82) is 5.26 Å². The summed E-state index contributed by atoms with van der Waals surface area (Å²) in [4.78, 5) is 0. The summed E-state index contributed by atoms with van der Waals surface area (Å²) in [7, 11) is 0. The van der Waals surface area contributed by atoms with Gasteiger partial charge in [0.2, 0.25) is 0 Å². The molecular weight excluding hydrogens is 441 g/mol. The summed E-state index contributed by atoms with van der Waals surface area (Å²) in [6.45, 7) is 2.07. The Balaban J connectivity index is 1.94. The molecule has 4 rings (SSSR count). The minimum atomic E-state index is -3.36. The molecule has 0 saturated heterocycles. The van der Waals surface area contributed by atoms with Crippen LogP contribution in [0.15, 0.2) is 115 Å². The fourth-order valence-corrected chi connectivity index (χ4v) is 10.8. The summed E-state index contributed by atoms with van der Waals surface area (Å²) in [5.74, 6) is -3.32. The van der Waals surface area contributed by atoms with Gasteiger partial charge in [-0.15, -0.1) is 0 Å². The minimum absolute atomic E-state index is 0.0313. The first-order valence-electron chi connectivity index (χ1n) is 11.5. The van der Waals surface area contributed by atoms with Gasteiger partial charge in [0.25, 0.3) is 0 Å². The van der Waals surface area contributed by atoms with E-state index >= 15 is 0 Å². The van der Waals surface area contributed by atoms with Crippen LogP contribution in [0.5, 0.6) is 0 Å². The fraction of sp³-hybridized carbons (Fsp3) is 0.167. The molecule has 0 spiro atoms. The van der Waals surface area contributed by atoms with E-state index in [1.165, 1.54) is 11.1 Å². The molecule has 3 heteroatoms. The Hall–Kier alpha value is -2.91. The molecule has 0 radical (unpaired) electrons. The maximum atomic E-state index is 9.47. The third kappa shape index (κ3) is 4.47. The van der Waals surface area contributed by atoms with Crippen molar-refractivity contribution in [2.24, 2.45) is 5.92 Å². The number of rotatable bonds is 8. The summed E-state index contributed by atoms with van der Waals surface area (Å²) in [6, 6.07) is 42.8. The molecule has 33 heavy (non-hydrogen) atoms. The predicted molar refractivity (Wildman–Crippen MR) is 144 cm³/mol. The van der Waals surface area contributed by atoms with E-state index in [-0.39, 0.29) is 5.92 Å². The van der Waals surface area contributed by atoms with Crippen LogP contribution in [0.2, 0.25) is 0 Å². The second-order valence-electron chi connectivity index (χ2n) is 8.61. The predicted octanol–water partition coefficient (Wildman–Crippen LogP) is 6.96. The van der Waals surface area contributed by atoms with Crippen LogP contribution in [0.3, 0.4) is 0 Å². The fourth-order valence-electron chi connectivity index (χ4n) is 4.70. The molecule has 4 aromatic carbocycles. The van der Waals surface area contributed by atoms with Crippen LogP contribution < -0.4 is 15.9 Å². The van der Waals surface area contributed by atoms with E-state index in [0.29, 0.717) is 6.16 Å². The topological polar surface area (TPSA) is 23.8 Å². The van der Waals surface area contributed by atoms with Gasteiger partial charge in [-0.25, -0.2) is 0 Å². The van der Waals surface area contributed by atoms with Crippen LogP contribution in [0.4, 0.5) is 0 Å². The first kappa shape index (κ1) is 23.3. The van der Waals surface area contributed by atoms with E-state index in [1.54, 1.807) is 0 Å². The molecule has 0 aromatic heterocycles. The summed E-state index contributed by atoms with van der Waals surface area (Å²) in [5.41, 5.74) is 2.39. The standard InChI is InChI=1S/C30H29ClNP/c1-2-25(23-32)21-26-13-12-14-27(22-26)24-33(31,28-15-6-3-7-16-28,29-17-8-4-9-18-29)30-19-10-5-11-20-30/h3-20,22,25H,2,21,24H2,1H3. The zero-order valence-corrected chi connectivity index (χ0v) is 20.6. The van der Waals surface area contributed by atoms with Crippen molar-refractivity contribution >= 4 is 33.1 Å². The van der Waals surface area contributed by atoms with Crippen LogP contribution in [-0.2, 0) is 12.6 Å². The zero-order chi connectivity index (χ0) is 23.2. The molecule has 166 valence electrons. The van der Waals surface area contributed by atoms with E-state index in [0.717, 1.165) is 28.8 Å². The van der Waals surface area contributed by atoms with Gasteiger partial charge in [-0.2, -0.15) is 0 Å². The summed E-state index contributed by atoms with van der Waals surface area (Å²) in [6.07, 6.45) is 2.33. The zero-order valence-electron chi connectivity index (χ0n) is 18.9. The van der Waals surface area contributed by atoms with Gasteiger partial charge in [-0.05, 0) is 0 Å². The molecule has 0 fully saturated rings. The third-order valence-corrected chi connectivity index (χ3v) is 13.7. The van der Waals surface area contributed by atoms with E-state index in [4.69, 9.17) is 11.2 Å². The van der Waals surface area contributed by atoms with Crippen molar-refractivity contribution in [1.82, 2.24) is 0 Å². The summed E-state index contributed by atoms with van der Waals surface area (Å²) >= 11 is 8.20. The van der Waals surface area contributed by atoms with Crippen LogP contribution in [0.1, 0.15) is 24.5 Å². The molecule has 0 aliphatic heterocycles. The average molecular weight is 470 g/mol. The normalized spacial score (nSPS) is 13.4. The molecule has 4 aromatic rings. The Morgan fingerprint density at radius 3 is 1.58 bits per heavy atom. The first-order chi connectivity index (χ1) is 16.1. The van der Waals surface area contributed by atoms with Crippen molar-refractivity contribution in [3.05, 3.63) is 126 Å². The van der Waals surface area contributed by atoms with Gasteiger partial charge >= 0.3 is 203 Å². The molecule has 0 bridgehead atoms. The number of benzene rings is 4. The van der Waals surface area contributed by atoms with E-state index in [1.807, 2.05) is 18.2 Å². The van der Waals surface area contributed by atoms with E-state index in [2.05, 4.69) is 110 Å². The Bertz CT molecular complexity index is 1130. The Morgan fingerprint density at radius 2 is 1.15 bits per heavy atom. The van der Waals surface area contributed by atoms with Crippen molar-refractivity contribution in [3.8, 4) is 6.07 Å². The molecule has 0 N–H and O–H groups in total. The molecule has 0 heterocycles. The molecule has 1 unspecified atom stereocenters. The molecule has 1 atom stereocenters. The molecule has 1 nitrogen and oxygen atoms in total. The van der Waals surface area contributed by atoms with E-state index in [9.17, 15) is 5.26 Å². The van der Waals surface area contributed by atoms with Crippen LogP contribution in [0, 0.1) is 17.2 Å². The monoisotopic (exact) mass is 469 g/mol. The second kappa shape index (κ2) is 9.93. The van der Waals surface area contributed by atoms with Crippen molar-refractivity contribution in [3.63, 3.8) is 0 Å². The van der Waals surface area contributed by atoms with Gasteiger partial charge in [0, 0.05) is 0 Å². The van der Waals surface area contributed by atoms with Crippen molar-refractivity contribution < 1.29 is 0 Å². The van der Waals surface area contributed by atoms with Gasteiger partial charge in [-0.3, -0.25) is 0 Å². The van der Waals surface area contributed by atoms with Gasteiger partial charge in [-0.1, -0.05) is 0 Å². The van der Waals surface area contributed by atoms with Gasteiger partial charge in [0.1, 0.15) is 0 Å². The Kier molecular flexibility index (Phi) is 6.99. The maximum absolute atomic E-state index is 9.47. The molecule has 0 aliphatic rings. The second-order valence-corrected chi connectivity index (χ2v) is 15.1. The van der Waals surface area contributed by atoms with Crippen molar-refractivity contribution in [2.45, 2.75) is 25.9 Å². The molecule has 0 amide bonds. The molecule has 0 saturated carbocycles. The average Bonchev–Trinajstić information content (AvgIpc) is 2.89. The summed E-state index contributed by atoms with van der Waals surface area (Å²) < 4.78 is 0. The van der Waals surface area contributed by atoms with Crippen molar-refractivity contribution in [2.75, 3.05) is 0 Å². The van der Waals surface area contributed by atoms with Crippen LogP contribution in [-0.4, -0.2) is 0 Å². The quantitative estimate of drug-likeness (QED) is 0.256. The number of halogens is 1. The number of nitriles is 1. The Morgan fingerprint density at radius 1 is 0.697 bits per heavy atom. The van der Waals surface area contributed by atoms with Gasteiger partial charge in [0.05, 0.1) is 0 Å². The first-order valence-corrected chi connectivity index (χ1v) is 14.8. The number of hydrogen-bond acceptors (Lipinski definition) is 1. The Labute approximate surface area is 202 Å². The number of hydrogen-bond donors (Lipinski definition) is 0. The molecule has 0 aliphatic carbocycles. The summed E-state index contributed by atoms with van der Waals surface area (Å²) in [5, 5.41) is 13.0. The SMILES string of the molecule is CCC(C#N)Cc1cccc(CP(Cl)(c2ccccc2)(c2ccccc2)c2ccccc2)c1. The number of nitrogens with zero attached hydrogens (tertiary/aromatic N) is 1. The van der Waals surface area contributed by atoms with Gasteiger partial charge in [0.15, 0.2) is 0 Å². The van der Waals surface area contributed by atoms with Crippen LogP contribution in [0.25, 0.3) is 0 Å². The van der Waals surface area contributed by atoms with Gasteiger partial charge < -0.3 is 0 Å². The third-order valence-electron chi connectivity index (χ3n) is 6.51. The van der Waals surface area contributed by atoms with Crippen LogP contribution >= 0.6 is 17.2 Å². The molecular formula is C30H29ClNP. The van der Waals surface area contributed by atoms with E-state index < -0.39 is 5.96 Å².